The van der Waals surface area contributed by atoms with Crippen molar-refractivity contribution in [2.75, 3.05) is 5.32 Å². The molecule has 7 heteroatoms. The molecule has 1 heterocycles. The molecule has 4 rings (SSSR count). The van der Waals surface area contributed by atoms with Crippen molar-refractivity contribution >= 4 is 11.6 Å². The van der Waals surface area contributed by atoms with Crippen LogP contribution in [0.2, 0.25) is 0 Å². The summed E-state index contributed by atoms with van der Waals surface area (Å²) in [7, 11) is 0. The molecule has 1 fully saturated rings. The predicted octanol–water partition coefficient (Wildman–Crippen LogP) is 3.08. The molecule has 0 spiro atoms. The first-order chi connectivity index (χ1) is 12.7. The Hall–Kier alpha value is -3.22. The normalized spacial score (nSPS) is 14.7. The Morgan fingerprint density at radius 2 is 1.88 bits per heavy atom. The van der Waals surface area contributed by atoms with Crippen LogP contribution in [-0.2, 0) is 4.79 Å². The summed E-state index contributed by atoms with van der Waals surface area (Å²) in [6.07, 6.45) is 1.52. The SMILES string of the molecule is CC(Oc1ccccc1)C(=O)Nc1ccccc1-c1nnnn1C1CC1. The van der Waals surface area contributed by atoms with E-state index in [0.717, 1.165) is 18.4 Å². The Bertz CT molecular complexity index is 905. The van der Waals surface area contributed by atoms with Crippen LogP contribution in [0.3, 0.4) is 0 Å². The number of nitrogens with one attached hydrogen (secondary N) is 1. The largest absolute Gasteiger partial charge is 0.481 e. The summed E-state index contributed by atoms with van der Waals surface area (Å²) in [5.41, 5.74) is 1.46. The van der Waals surface area contributed by atoms with Crippen LogP contribution in [0.4, 0.5) is 5.69 Å². The lowest BCUT2D eigenvalue weighted by Gasteiger charge is -2.16. The lowest BCUT2D eigenvalue weighted by molar-refractivity contribution is -0.122. The Labute approximate surface area is 151 Å². The van der Waals surface area contributed by atoms with E-state index in [1.807, 2.05) is 59.3 Å². The number of ether oxygens (including phenoxy) is 1. The fourth-order valence-corrected chi connectivity index (χ4v) is 2.71. The summed E-state index contributed by atoms with van der Waals surface area (Å²) < 4.78 is 7.52. The zero-order valence-electron chi connectivity index (χ0n) is 14.4. The highest BCUT2D eigenvalue weighted by atomic mass is 16.5. The third-order valence-corrected chi connectivity index (χ3v) is 4.24. The lowest BCUT2D eigenvalue weighted by atomic mass is 10.1. The first-order valence-electron chi connectivity index (χ1n) is 8.62. The van der Waals surface area contributed by atoms with Crippen LogP contribution in [0.5, 0.6) is 5.75 Å². The molecule has 0 aliphatic heterocycles. The van der Waals surface area contributed by atoms with Crippen LogP contribution in [0.25, 0.3) is 11.4 Å². The van der Waals surface area contributed by atoms with E-state index < -0.39 is 6.10 Å². The van der Waals surface area contributed by atoms with E-state index in [-0.39, 0.29) is 5.91 Å². The molecular weight excluding hydrogens is 330 g/mol. The quantitative estimate of drug-likeness (QED) is 0.739. The summed E-state index contributed by atoms with van der Waals surface area (Å²) in [5.74, 6) is 1.09. The molecule has 1 atom stereocenters. The highest BCUT2D eigenvalue weighted by Crippen LogP contribution is 2.38. The molecule has 2 aromatic carbocycles. The van der Waals surface area contributed by atoms with Gasteiger partial charge in [-0.25, -0.2) is 4.68 Å². The van der Waals surface area contributed by atoms with E-state index in [1.165, 1.54) is 0 Å². The third kappa shape index (κ3) is 3.42. The van der Waals surface area contributed by atoms with Gasteiger partial charge >= 0.3 is 0 Å². The Balaban J connectivity index is 1.53. The Kier molecular flexibility index (Phi) is 4.35. The standard InChI is InChI=1S/C19H19N5O2/c1-13(26-15-7-3-2-4-8-15)19(25)20-17-10-6-5-9-16(17)18-21-22-23-24(18)14-11-12-14/h2-10,13-14H,11-12H2,1H3,(H,20,25). The van der Waals surface area contributed by atoms with E-state index in [0.29, 0.717) is 23.3 Å². The number of hydrogen-bond acceptors (Lipinski definition) is 5. The molecule has 1 N–H and O–H groups in total. The van der Waals surface area contributed by atoms with Gasteiger partial charge in [0.1, 0.15) is 5.75 Å². The fourth-order valence-electron chi connectivity index (χ4n) is 2.71. The number of benzene rings is 2. The molecule has 0 radical (unpaired) electrons. The molecule has 3 aromatic rings. The molecule has 1 aliphatic carbocycles. The van der Waals surface area contributed by atoms with Crippen molar-refractivity contribution in [2.45, 2.75) is 31.9 Å². The van der Waals surface area contributed by atoms with Crippen molar-refractivity contribution in [3.05, 3.63) is 54.6 Å². The maximum absolute atomic E-state index is 12.6. The average Bonchev–Trinajstić information content (AvgIpc) is 3.40. The Morgan fingerprint density at radius 3 is 2.65 bits per heavy atom. The van der Waals surface area contributed by atoms with Crippen molar-refractivity contribution < 1.29 is 9.53 Å². The number of aromatic nitrogens is 4. The van der Waals surface area contributed by atoms with Gasteiger partial charge in [0, 0.05) is 5.56 Å². The van der Waals surface area contributed by atoms with E-state index in [1.54, 1.807) is 6.92 Å². The zero-order chi connectivity index (χ0) is 17.9. The molecule has 26 heavy (non-hydrogen) atoms. The maximum Gasteiger partial charge on any atom is 0.265 e. The number of para-hydroxylation sites is 2. The van der Waals surface area contributed by atoms with Crippen LogP contribution in [0, 0.1) is 0 Å². The van der Waals surface area contributed by atoms with Crippen LogP contribution >= 0.6 is 0 Å². The topological polar surface area (TPSA) is 81.9 Å². The number of tetrazole rings is 1. The number of carbonyl (C=O) groups is 1. The van der Waals surface area contributed by atoms with E-state index in [2.05, 4.69) is 20.8 Å². The molecule has 1 amide bonds. The summed E-state index contributed by atoms with van der Waals surface area (Å²) in [6, 6.07) is 17.1. The van der Waals surface area contributed by atoms with Gasteiger partial charge in [-0.15, -0.1) is 5.10 Å². The minimum atomic E-state index is -0.634. The molecule has 7 nitrogen and oxygen atoms in total. The second kappa shape index (κ2) is 6.95. The monoisotopic (exact) mass is 349 g/mol. The third-order valence-electron chi connectivity index (χ3n) is 4.24. The van der Waals surface area contributed by atoms with Gasteiger partial charge in [0.15, 0.2) is 11.9 Å². The second-order valence-corrected chi connectivity index (χ2v) is 6.29. The molecule has 0 bridgehead atoms. The minimum absolute atomic E-state index is 0.230. The molecule has 1 aliphatic rings. The molecule has 1 aromatic heterocycles. The fraction of sp³-hybridized carbons (Fsp3) is 0.263. The average molecular weight is 349 g/mol. The van der Waals surface area contributed by atoms with Crippen molar-refractivity contribution in [2.24, 2.45) is 0 Å². The van der Waals surface area contributed by atoms with E-state index in [9.17, 15) is 4.79 Å². The van der Waals surface area contributed by atoms with Gasteiger partial charge in [-0.1, -0.05) is 30.3 Å². The number of amides is 1. The van der Waals surface area contributed by atoms with Gasteiger partial charge in [0.2, 0.25) is 0 Å². The number of anilines is 1. The predicted molar refractivity (Wildman–Crippen MR) is 96.7 cm³/mol. The molecular formula is C19H19N5O2. The second-order valence-electron chi connectivity index (χ2n) is 6.29. The molecule has 132 valence electrons. The van der Waals surface area contributed by atoms with Crippen LogP contribution < -0.4 is 10.1 Å². The van der Waals surface area contributed by atoms with Gasteiger partial charge < -0.3 is 10.1 Å². The highest BCUT2D eigenvalue weighted by Gasteiger charge is 2.29. The number of carbonyl (C=O) groups excluding carboxylic acids is 1. The van der Waals surface area contributed by atoms with Crippen LogP contribution in [0.15, 0.2) is 54.6 Å². The maximum atomic E-state index is 12.6. The molecule has 1 unspecified atom stereocenters. The zero-order valence-corrected chi connectivity index (χ0v) is 14.4. The minimum Gasteiger partial charge on any atom is -0.481 e. The Morgan fingerprint density at radius 1 is 1.15 bits per heavy atom. The smallest absolute Gasteiger partial charge is 0.265 e. The highest BCUT2D eigenvalue weighted by molar-refractivity contribution is 5.97. The van der Waals surface area contributed by atoms with E-state index in [4.69, 9.17) is 4.74 Å². The summed E-state index contributed by atoms with van der Waals surface area (Å²) in [6.45, 7) is 1.72. The summed E-state index contributed by atoms with van der Waals surface area (Å²) in [4.78, 5) is 12.6. The number of nitrogens with zero attached hydrogens (tertiary/aromatic N) is 4. The van der Waals surface area contributed by atoms with Crippen LogP contribution in [-0.4, -0.2) is 32.2 Å². The van der Waals surface area contributed by atoms with E-state index >= 15 is 0 Å². The van der Waals surface area contributed by atoms with Gasteiger partial charge in [0.05, 0.1) is 11.7 Å². The summed E-state index contributed by atoms with van der Waals surface area (Å²) in [5, 5.41) is 15.0. The first-order valence-corrected chi connectivity index (χ1v) is 8.62. The molecule has 1 saturated carbocycles. The van der Waals surface area contributed by atoms with Crippen molar-refractivity contribution in [3.8, 4) is 17.1 Å². The van der Waals surface area contributed by atoms with Gasteiger partial charge in [-0.3, -0.25) is 4.79 Å². The van der Waals surface area contributed by atoms with Crippen molar-refractivity contribution in [1.82, 2.24) is 20.2 Å². The lowest BCUT2D eigenvalue weighted by Crippen LogP contribution is -2.30. The van der Waals surface area contributed by atoms with Gasteiger partial charge in [-0.05, 0) is 54.5 Å². The van der Waals surface area contributed by atoms with Crippen molar-refractivity contribution in [3.63, 3.8) is 0 Å². The molecule has 0 saturated heterocycles. The number of hydrogen-bond donors (Lipinski definition) is 1. The van der Waals surface area contributed by atoms with Gasteiger partial charge in [0.25, 0.3) is 5.91 Å². The van der Waals surface area contributed by atoms with Gasteiger partial charge in [-0.2, -0.15) is 0 Å². The summed E-state index contributed by atoms with van der Waals surface area (Å²) >= 11 is 0. The van der Waals surface area contributed by atoms with Crippen molar-refractivity contribution in [1.29, 1.82) is 0 Å². The first kappa shape index (κ1) is 16.3. The number of rotatable bonds is 6. The van der Waals surface area contributed by atoms with Crippen LogP contribution in [0.1, 0.15) is 25.8 Å².